The normalized spacial score (nSPS) is 14.4. The molecule has 0 saturated carbocycles. The van der Waals surface area contributed by atoms with Crippen molar-refractivity contribution in [2.45, 2.75) is 12.8 Å². The molecule has 0 spiro atoms. The van der Waals surface area contributed by atoms with Crippen LogP contribution in [-0.2, 0) is 0 Å². The second-order valence-corrected chi connectivity index (χ2v) is 5.76. The van der Waals surface area contributed by atoms with E-state index in [1.807, 2.05) is 0 Å². The molecule has 0 radical (unpaired) electrons. The van der Waals surface area contributed by atoms with Crippen molar-refractivity contribution in [3.8, 4) is 0 Å². The Bertz CT molecular complexity index is 700. The lowest BCUT2D eigenvalue weighted by atomic mass is 10.1. The molecule has 22 heavy (non-hydrogen) atoms. The van der Waals surface area contributed by atoms with Gasteiger partial charge in [-0.2, -0.15) is 0 Å². The highest BCUT2D eigenvalue weighted by Gasteiger charge is 2.27. The third-order valence-corrected chi connectivity index (χ3v) is 4.14. The minimum Gasteiger partial charge on any atom is -0.367 e. The summed E-state index contributed by atoms with van der Waals surface area (Å²) in [5.74, 6) is -4.55. The molecule has 3 rings (SSSR count). The highest BCUT2D eigenvalue weighted by molar-refractivity contribution is 7.13. The SMILES string of the molecule is O=C(Nc1nccs1)c1cc(F)c(N2CCCC2)c(F)c1F. The van der Waals surface area contributed by atoms with Gasteiger partial charge in [0.2, 0.25) is 0 Å². The van der Waals surface area contributed by atoms with Gasteiger partial charge in [-0.15, -0.1) is 11.3 Å². The van der Waals surface area contributed by atoms with Crippen molar-refractivity contribution in [3.63, 3.8) is 0 Å². The van der Waals surface area contributed by atoms with Crippen molar-refractivity contribution in [2.24, 2.45) is 0 Å². The number of nitrogens with zero attached hydrogens (tertiary/aromatic N) is 2. The Balaban J connectivity index is 1.94. The van der Waals surface area contributed by atoms with E-state index in [9.17, 15) is 18.0 Å². The summed E-state index contributed by atoms with van der Waals surface area (Å²) in [5.41, 5.74) is -1.08. The van der Waals surface area contributed by atoms with Gasteiger partial charge < -0.3 is 4.90 Å². The monoisotopic (exact) mass is 327 g/mol. The minimum atomic E-state index is -1.35. The van der Waals surface area contributed by atoms with Gasteiger partial charge in [-0.1, -0.05) is 0 Å². The van der Waals surface area contributed by atoms with Gasteiger partial charge >= 0.3 is 0 Å². The van der Waals surface area contributed by atoms with Crippen LogP contribution < -0.4 is 10.2 Å². The van der Waals surface area contributed by atoms with E-state index in [0.717, 1.165) is 30.2 Å². The standard InChI is InChI=1S/C14H12F3N3OS/c15-9-7-8(13(21)19-14-18-3-6-22-14)10(16)11(17)12(9)20-4-1-2-5-20/h3,6-7H,1-2,4-5H2,(H,18,19,21). The summed E-state index contributed by atoms with van der Waals surface area (Å²) in [6, 6.07) is 0.731. The Morgan fingerprint density at radius 2 is 1.95 bits per heavy atom. The Hall–Kier alpha value is -2.09. The van der Waals surface area contributed by atoms with Crippen LogP contribution in [0.3, 0.4) is 0 Å². The molecule has 1 amide bonds. The van der Waals surface area contributed by atoms with Gasteiger partial charge in [0.1, 0.15) is 5.69 Å². The van der Waals surface area contributed by atoms with E-state index in [2.05, 4.69) is 10.3 Å². The van der Waals surface area contributed by atoms with Crippen LogP contribution in [0, 0.1) is 17.5 Å². The Kier molecular flexibility index (Phi) is 4.02. The van der Waals surface area contributed by atoms with E-state index in [0.29, 0.717) is 13.1 Å². The first-order valence-corrected chi connectivity index (χ1v) is 7.59. The van der Waals surface area contributed by atoms with E-state index in [4.69, 9.17) is 0 Å². The van der Waals surface area contributed by atoms with Crippen LogP contribution >= 0.6 is 11.3 Å². The van der Waals surface area contributed by atoms with Gasteiger partial charge in [0.25, 0.3) is 5.91 Å². The molecule has 4 nitrogen and oxygen atoms in total. The second-order valence-electron chi connectivity index (χ2n) is 4.87. The number of carbonyl (C=O) groups excluding carboxylic acids is 1. The quantitative estimate of drug-likeness (QED) is 0.879. The van der Waals surface area contributed by atoms with E-state index in [1.165, 1.54) is 11.1 Å². The maximum absolute atomic E-state index is 14.2. The molecular formula is C14H12F3N3OS. The third kappa shape index (κ3) is 2.66. The fraction of sp³-hybridized carbons (Fsp3) is 0.286. The topological polar surface area (TPSA) is 45.2 Å². The third-order valence-electron chi connectivity index (χ3n) is 3.45. The van der Waals surface area contributed by atoms with Crippen molar-refractivity contribution in [3.05, 3.63) is 40.7 Å². The predicted octanol–water partition coefficient (Wildman–Crippen LogP) is 3.41. The fourth-order valence-corrected chi connectivity index (χ4v) is 2.95. The lowest BCUT2D eigenvalue weighted by Gasteiger charge is -2.20. The molecule has 0 atom stereocenters. The van der Waals surface area contributed by atoms with Crippen molar-refractivity contribution < 1.29 is 18.0 Å². The summed E-state index contributed by atoms with van der Waals surface area (Å²) in [6.45, 7) is 0.940. The van der Waals surface area contributed by atoms with Crippen molar-refractivity contribution in [1.82, 2.24) is 4.98 Å². The number of hydrogen-bond acceptors (Lipinski definition) is 4. The molecule has 116 valence electrons. The number of carbonyl (C=O) groups is 1. The van der Waals surface area contributed by atoms with Crippen LogP contribution in [0.15, 0.2) is 17.6 Å². The molecule has 0 bridgehead atoms. The molecule has 8 heteroatoms. The molecule has 1 aliphatic heterocycles. The molecule has 1 aromatic carbocycles. The van der Waals surface area contributed by atoms with Crippen LogP contribution in [0.1, 0.15) is 23.2 Å². The van der Waals surface area contributed by atoms with Gasteiger partial charge in [0.05, 0.1) is 5.56 Å². The minimum absolute atomic E-state index is 0.230. The molecule has 1 aliphatic rings. The number of aromatic nitrogens is 1. The maximum atomic E-state index is 14.2. The zero-order valence-electron chi connectivity index (χ0n) is 11.4. The van der Waals surface area contributed by atoms with Gasteiger partial charge in [-0.05, 0) is 18.9 Å². The molecule has 1 saturated heterocycles. The number of anilines is 2. The van der Waals surface area contributed by atoms with Gasteiger partial charge in [-0.3, -0.25) is 10.1 Å². The average Bonchev–Trinajstić information content (AvgIpc) is 3.16. The first kappa shape index (κ1) is 14.8. The molecule has 2 heterocycles. The average molecular weight is 327 g/mol. The van der Waals surface area contributed by atoms with E-state index < -0.39 is 34.6 Å². The molecule has 2 aromatic rings. The van der Waals surface area contributed by atoms with Crippen LogP contribution in [0.5, 0.6) is 0 Å². The van der Waals surface area contributed by atoms with Crippen molar-refractivity contribution in [1.29, 1.82) is 0 Å². The Morgan fingerprint density at radius 3 is 2.59 bits per heavy atom. The number of thiazole rings is 1. The summed E-state index contributed by atoms with van der Waals surface area (Å²) < 4.78 is 42.4. The van der Waals surface area contributed by atoms with Crippen molar-refractivity contribution >= 4 is 28.1 Å². The molecule has 1 N–H and O–H groups in total. The summed E-state index contributed by atoms with van der Waals surface area (Å²) in [5, 5.41) is 4.15. The Labute approximate surface area is 128 Å². The maximum Gasteiger partial charge on any atom is 0.260 e. The number of nitrogens with one attached hydrogen (secondary N) is 1. The summed E-state index contributed by atoms with van der Waals surface area (Å²) in [6.07, 6.45) is 3.05. The van der Waals surface area contributed by atoms with E-state index >= 15 is 0 Å². The fourth-order valence-electron chi connectivity index (χ4n) is 2.43. The van der Waals surface area contributed by atoms with E-state index in [1.54, 1.807) is 5.38 Å². The predicted molar refractivity (Wildman–Crippen MR) is 77.8 cm³/mol. The number of rotatable bonds is 3. The zero-order chi connectivity index (χ0) is 15.7. The first-order chi connectivity index (χ1) is 10.6. The summed E-state index contributed by atoms with van der Waals surface area (Å²) in [7, 11) is 0. The summed E-state index contributed by atoms with van der Waals surface area (Å²) in [4.78, 5) is 17.2. The number of amides is 1. The molecular weight excluding hydrogens is 315 g/mol. The van der Waals surface area contributed by atoms with Gasteiger partial charge in [0, 0.05) is 24.7 Å². The number of benzene rings is 1. The first-order valence-electron chi connectivity index (χ1n) is 6.71. The van der Waals surface area contributed by atoms with Crippen LogP contribution in [0.2, 0.25) is 0 Å². The van der Waals surface area contributed by atoms with Crippen LogP contribution in [0.4, 0.5) is 24.0 Å². The Morgan fingerprint density at radius 1 is 1.23 bits per heavy atom. The van der Waals surface area contributed by atoms with Gasteiger partial charge in [0.15, 0.2) is 22.6 Å². The molecule has 0 unspecified atom stereocenters. The van der Waals surface area contributed by atoms with Gasteiger partial charge in [-0.25, -0.2) is 18.2 Å². The van der Waals surface area contributed by atoms with Crippen LogP contribution in [-0.4, -0.2) is 24.0 Å². The number of hydrogen-bond donors (Lipinski definition) is 1. The molecule has 0 aliphatic carbocycles. The lowest BCUT2D eigenvalue weighted by molar-refractivity contribution is 0.102. The summed E-state index contributed by atoms with van der Waals surface area (Å²) >= 11 is 1.12. The molecule has 1 aromatic heterocycles. The van der Waals surface area contributed by atoms with E-state index in [-0.39, 0.29) is 5.13 Å². The zero-order valence-corrected chi connectivity index (χ0v) is 12.2. The highest BCUT2D eigenvalue weighted by Crippen LogP contribution is 2.30. The van der Waals surface area contributed by atoms with Crippen molar-refractivity contribution in [2.75, 3.05) is 23.3 Å². The molecule has 1 fully saturated rings. The largest absolute Gasteiger partial charge is 0.367 e. The lowest BCUT2D eigenvalue weighted by Crippen LogP contribution is -2.23. The number of halogens is 3. The second kappa shape index (κ2) is 5.96. The van der Waals surface area contributed by atoms with Crippen LogP contribution in [0.25, 0.3) is 0 Å². The smallest absolute Gasteiger partial charge is 0.260 e. The highest BCUT2D eigenvalue weighted by atomic mass is 32.1.